The molecule has 2 aromatic heterocycles. The van der Waals surface area contributed by atoms with Gasteiger partial charge in [-0.05, 0) is 12.3 Å². The molecule has 2 aromatic rings. The van der Waals surface area contributed by atoms with Gasteiger partial charge in [-0.25, -0.2) is 9.97 Å². The Labute approximate surface area is 112 Å². The van der Waals surface area contributed by atoms with Crippen molar-refractivity contribution in [2.24, 2.45) is 5.92 Å². The van der Waals surface area contributed by atoms with Gasteiger partial charge in [0.1, 0.15) is 0 Å². The van der Waals surface area contributed by atoms with Crippen molar-refractivity contribution in [3.63, 3.8) is 0 Å². The average molecular weight is 264 g/mol. The largest absolute Gasteiger partial charge is 0.361 e. The molecular formula is C13H20N4S. The fourth-order valence-electron chi connectivity index (χ4n) is 1.71. The molecule has 0 fully saturated rings. The molecule has 0 atom stereocenters. The minimum absolute atomic E-state index is 0.628. The number of hydrogen-bond donors (Lipinski definition) is 1. The van der Waals surface area contributed by atoms with Crippen LogP contribution in [-0.2, 0) is 6.54 Å². The van der Waals surface area contributed by atoms with Crippen LogP contribution in [-0.4, -0.2) is 21.1 Å². The molecule has 0 aromatic carbocycles. The third-order valence-corrected chi connectivity index (χ3v) is 3.57. The molecule has 18 heavy (non-hydrogen) atoms. The number of hydrogen-bond acceptors (Lipinski definition) is 4. The van der Waals surface area contributed by atoms with E-state index >= 15 is 0 Å². The molecule has 0 aliphatic carbocycles. The van der Waals surface area contributed by atoms with Gasteiger partial charge in [-0.2, -0.15) is 0 Å². The first-order valence-electron chi connectivity index (χ1n) is 6.41. The topological polar surface area (TPSA) is 42.7 Å². The second-order valence-corrected chi connectivity index (χ2v) is 5.81. The highest BCUT2D eigenvalue weighted by Gasteiger charge is 2.09. The average Bonchev–Trinajstić information content (AvgIpc) is 2.94. The predicted molar refractivity (Wildman–Crippen MR) is 77.0 cm³/mol. The van der Waals surface area contributed by atoms with Crippen LogP contribution in [0.15, 0.2) is 18.7 Å². The molecule has 0 radical (unpaired) electrons. The summed E-state index contributed by atoms with van der Waals surface area (Å²) in [5.74, 6) is 0.628. The number of rotatable bonds is 6. The Bertz CT molecular complexity index is 487. The summed E-state index contributed by atoms with van der Waals surface area (Å²) in [6, 6.07) is 0. The van der Waals surface area contributed by atoms with Crippen LogP contribution in [0.5, 0.6) is 0 Å². The maximum absolute atomic E-state index is 4.41. The molecule has 1 N–H and O–H groups in total. The maximum atomic E-state index is 4.41. The van der Waals surface area contributed by atoms with Crippen molar-refractivity contribution in [2.75, 3.05) is 11.9 Å². The molecule has 0 saturated carbocycles. The van der Waals surface area contributed by atoms with Gasteiger partial charge in [-0.15, -0.1) is 0 Å². The molecule has 0 aliphatic rings. The summed E-state index contributed by atoms with van der Waals surface area (Å²) in [5, 5.41) is 4.34. The molecular weight excluding hydrogens is 244 g/mol. The number of imidazole rings is 1. The van der Waals surface area contributed by atoms with E-state index in [1.807, 2.05) is 18.7 Å². The van der Waals surface area contributed by atoms with Gasteiger partial charge < -0.3 is 9.88 Å². The number of nitrogens with one attached hydrogen (secondary N) is 1. The lowest BCUT2D eigenvalue weighted by molar-refractivity contribution is 0.685. The van der Waals surface area contributed by atoms with Crippen molar-refractivity contribution < 1.29 is 0 Å². The first kappa shape index (κ1) is 13.1. The predicted octanol–water partition coefficient (Wildman–Crippen LogP) is 3.48. The van der Waals surface area contributed by atoms with E-state index in [1.54, 1.807) is 11.3 Å². The van der Waals surface area contributed by atoms with Crippen molar-refractivity contribution in [1.29, 1.82) is 0 Å². The zero-order valence-electron chi connectivity index (χ0n) is 11.2. The van der Waals surface area contributed by atoms with Crippen molar-refractivity contribution in [3.05, 3.63) is 18.7 Å². The van der Waals surface area contributed by atoms with E-state index in [0.29, 0.717) is 5.92 Å². The van der Waals surface area contributed by atoms with Gasteiger partial charge in [0.2, 0.25) is 0 Å². The van der Waals surface area contributed by atoms with Crippen molar-refractivity contribution in [1.82, 2.24) is 14.5 Å². The highest BCUT2D eigenvalue weighted by molar-refractivity contribution is 7.18. The third-order valence-electron chi connectivity index (χ3n) is 2.60. The smallest absolute Gasteiger partial charge is 0.183 e. The SMILES string of the molecule is CCCn1cncc1-c1cnc(NCC(C)C)s1. The fourth-order valence-corrected chi connectivity index (χ4v) is 2.56. The Kier molecular flexibility index (Phi) is 4.36. The maximum Gasteiger partial charge on any atom is 0.183 e. The molecule has 0 amide bonds. The van der Waals surface area contributed by atoms with Gasteiger partial charge in [-0.1, -0.05) is 32.1 Å². The summed E-state index contributed by atoms with van der Waals surface area (Å²) in [7, 11) is 0. The summed E-state index contributed by atoms with van der Waals surface area (Å²) in [5.41, 5.74) is 1.16. The Hall–Kier alpha value is -1.36. The number of anilines is 1. The van der Waals surface area contributed by atoms with Crippen LogP contribution in [0.3, 0.4) is 0 Å². The van der Waals surface area contributed by atoms with E-state index in [4.69, 9.17) is 0 Å². The molecule has 4 nitrogen and oxygen atoms in total. The molecule has 98 valence electrons. The molecule has 2 heterocycles. The van der Waals surface area contributed by atoms with Crippen LogP contribution in [0, 0.1) is 5.92 Å². The van der Waals surface area contributed by atoms with E-state index < -0.39 is 0 Å². The van der Waals surface area contributed by atoms with E-state index in [9.17, 15) is 0 Å². The van der Waals surface area contributed by atoms with Crippen LogP contribution in [0.25, 0.3) is 10.6 Å². The van der Waals surface area contributed by atoms with Gasteiger partial charge in [0.15, 0.2) is 5.13 Å². The Morgan fingerprint density at radius 3 is 2.94 bits per heavy atom. The van der Waals surface area contributed by atoms with E-state index in [1.165, 1.54) is 4.88 Å². The Morgan fingerprint density at radius 1 is 1.39 bits per heavy atom. The third kappa shape index (κ3) is 3.10. The van der Waals surface area contributed by atoms with Gasteiger partial charge in [0, 0.05) is 19.3 Å². The molecule has 5 heteroatoms. The van der Waals surface area contributed by atoms with E-state index in [-0.39, 0.29) is 0 Å². The summed E-state index contributed by atoms with van der Waals surface area (Å²) >= 11 is 1.69. The fraction of sp³-hybridized carbons (Fsp3) is 0.538. The number of nitrogens with zero attached hydrogens (tertiary/aromatic N) is 3. The van der Waals surface area contributed by atoms with Crippen LogP contribution in [0.4, 0.5) is 5.13 Å². The quantitative estimate of drug-likeness (QED) is 0.868. The number of thiazole rings is 1. The van der Waals surface area contributed by atoms with Crippen LogP contribution >= 0.6 is 11.3 Å². The van der Waals surface area contributed by atoms with Gasteiger partial charge in [-0.3, -0.25) is 0 Å². The standard InChI is InChI=1S/C13H20N4S/c1-4-5-17-9-14-7-11(17)12-8-16-13(18-12)15-6-10(2)3/h7-10H,4-6H2,1-3H3,(H,15,16). The first-order chi connectivity index (χ1) is 8.70. The van der Waals surface area contributed by atoms with E-state index in [2.05, 4.69) is 40.6 Å². The minimum atomic E-state index is 0.628. The first-order valence-corrected chi connectivity index (χ1v) is 7.22. The monoisotopic (exact) mass is 264 g/mol. The van der Waals surface area contributed by atoms with Gasteiger partial charge in [0.25, 0.3) is 0 Å². The molecule has 0 aliphatic heterocycles. The highest BCUT2D eigenvalue weighted by Crippen LogP contribution is 2.28. The normalized spacial score (nSPS) is 11.1. The highest BCUT2D eigenvalue weighted by atomic mass is 32.1. The van der Waals surface area contributed by atoms with Gasteiger partial charge >= 0.3 is 0 Å². The minimum Gasteiger partial charge on any atom is -0.361 e. The Balaban J connectivity index is 2.11. The van der Waals surface area contributed by atoms with E-state index in [0.717, 1.165) is 30.3 Å². The summed E-state index contributed by atoms with van der Waals surface area (Å²) in [4.78, 5) is 9.81. The van der Waals surface area contributed by atoms with Crippen molar-refractivity contribution in [3.8, 4) is 10.6 Å². The summed E-state index contributed by atoms with van der Waals surface area (Å²) in [6.07, 6.45) is 6.84. The van der Waals surface area contributed by atoms with Crippen LogP contribution < -0.4 is 5.32 Å². The molecule has 0 saturated heterocycles. The zero-order valence-corrected chi connectivity index (χ0v) is 12.0. The molecule has 0 bridgehead atoms. The zero-order chi connectivity index (χ0) is 13.0. The second kappa shape index (κ2) is 6.00. The molecule has 0 unspecified atom stereocenters. The van der Waals surface area contributed by atoms with Crippen LogP contribution in [0.2, 0.25) is 0 Å². The lowest BCUT2D eigenvalue weighted by Gasteiger charge is -2.05. The van der Waals surface area contributed by atoms with Crippen LogP contribution in [0.1, 0.15) is 27.2 Å². The molecule has 2 rings (SSSR count). The van der Waals surface area contributed by atoms with Crippen molar-refractivity contribution >= 4 is 16.5 Å². The lowest BCUT2D eigenvalue weighted by Crippen LogP contribution is -2.07. The second-order valence-electron chi connectivity index (χ2n) is 4.78. The summed E-state index contributed by atoms with van der Waals surface area (Å²) < 4.78 is 2.18. The number of aryl methyl sites for hydroxylation is 1. The molecule has 0 spiro atoms. The summed E-state index contributed by atoms with van der Waals surface area (Å²) in [6.45, 7) is 8.52. The van der Waals surface area contributed by atoms with Gasteiger partial charge in [0.05, 0.1) is 23.1 Å². The van der Waals surface area contributed by atoms with Crippen molar-refractivity contribution in [2.45, 2.75) is 33.7 Å². The Morgan fingerprint density at radius 2 is 2.22 bits per heavy atom. The number of aromatic nitrogens is 3. The lowest BCUT2D eigenvalue weighted by atomic mass is 10.2.